The van der Waals surface area contributed by atoms with E-state index in [9.17, 15) is 0 Å². The van der Waals surface area contributed by atoms with Crippen LogP contribution in [0, 0.1) is 11.8 Å². The second-order valence-corrected chi connectivity index (χ2v) is 6.69. The zero-order valence-electron chi connectivity index (χ0n) is 11.9. The number of hydrogen-bond acceptors (Lipinski definition) is 3. The van der Waals surface area contributed by atoms with Crippen molar-refractivity contribution < 1.29 is 0 Å². The molecule has 17 heavy (non-hydrogen) atoms. The third-order valence-corrected chi connectivity index (χ3v) is 5.17. The van der Waals surface area contributed by atoms with Crippen LogP contribution in [-0.4, -0.2) is 55.1 Å². The summed E-state index contributed by atoms with van der Waals surface area (Å²) in [6, 6.07) is 0.733. The highest BCUT2D eigenvalue weighted by Gasteiger charge is 2.49. The molecule has 0 aromatic rings. The standard InChI is InChI=1S/C14H29N3/c1-11(2)12-7-14(8-12,10-15)17-6-5-13(9-17)16(3)4/h11-13H,5-10,15H2,1-4H3. The maximum Gasteiger partial charge on any atom is 0.0337 e. The van der Waals surface area contributed by atoms with Crippen molar-refractivity contribution >= 4 is 0 Å². The van der Waals surface area contributed by atoms with Crippen molar-refractivity contribution in [2.75, 3.05) is 33.7 Å². The highest BCUT2D eigenvalue weighted by atomic mass is 15.3. The lowest BCUT2D eigenvalue weighted by Gasteiger charge is -2.54. The van der Waals surface area contributed by atoms with E-state index >= 15 is 0 Å². The molecule has 1 unspecified atom stereocenters. The Morgan fingerprint density at radius 2 is 2.00 bits per heavy atom. The second-order valence-electron chi connectivity index (χ2n) is 6.69. The zero-order valence-corrected chi connectivity index (χ0v) is 11.9. The monoisotopic (exact) mass is 239 g/mol. The van der Waals surface area contributed by atoms with Gasteiger partial charge in [0.25, 0.3) is 0 Å². The Morgan fingerprint density at radius 3 is 2.41 bits per heavy atom. The van der Waals surface area contributed by atoms with Gasteiger partial charge in [0.2, 0.25) is 0 Å². The fraction of sp³-hybridized carbons (Fsp3) is 1.00. The molecular formula is C14H29N3. The van der Waals surface area contributed by atoms with E-state index in [2.05, 4.69) is 37.7 Å². The maximum atomic E-state index is 6.08. The molecule has 2 fully saturated rings. The minimum Gasteiger partial charge on any atom is -0.329 e. The Balaban J connectivity index is 1.93. The third-order valence-electron chi connectivity index (χ3n) is 5.17. The molecule has 0 radical (unpaired) electrons. The lowest BCUT2D eigenvalue weighted by molar-refractivity contribution is -0.0241. The van der Waals surface area contributed by atoms with Gasteiger partial charge in [-0.2, -0.15) is 0 Å². The average Bonchev–Trinajstić information content (AvgIpc) is 2.66. The van der Waals surface area contributed by atoms with Gasteiger partial charge in [-0.25, -0.2) is 0 Å². The molecule has 1 saturated heterocycles. The average molecular weight is 239 g/mol. The summed E-state index contributed by atoms with van der Waals surface area (Å²) in [6.45, 7) is 7.99. The first kappa shape index (κ1) is 13.3. The predicted molar refractivity (Wildman–Crippen MR) is 73.0 cm³/mol. The zero-order chi connectivity index (χ0) is 12.6. The fourth-order valence-corrected chi connectivity index (χ4v) is 3.54. The third kappa shape index (κ3) is 2.38. The molecular weight excluding hydrogens is 210 g/mol. The molecule has 2 N–H and O–H groups in total. The van der Waals surface area contributed by atoms with E-state index in [-0.39, 0.29) is 0 Å². The number of rotatable bonds is 4. The van der Waals surface area contributed by atoms with E-state index in [1.165, 1.54) is 32.4 Å². The highest BCUT2D eigenvalue weighted by molar-refractivity contribution is 5.06. The quantitative estimate of drug-likeness (QED) is 0.804. The van der Waals surface area contributed by atoms with Crippen molar-refractivity contribution in [1.82, 2.24) is 9.80 Å². The van der Waals surface area contributed by atoms with E-state index in [1.54, 1.807) is 0 Å². The molecule has 0 bridgehead atoms. The number of nitrogens with zero attached hydrogens (tertiary/aromatic N) is 2. The van der Waals surface area contributed by atoms with Crippen LogP contribution in [0.3, 0.4) is 0 Å². The summed E-state index contributed by atoms with van der Waals surface area (Å²) in [5.74, 6) is 1.72. The first-order chi connectivity index (χ1) is 7.98. The molecule has 1 heterocycles. The van der Waals surface area contributed by atoms with Gasteiger partial charge in [-0.05, 0) is 45.2 Å². The molecule has 1 atom stereocenters. The molecule has 100 valence electrons. The molecule has 1 saturated carbocycles. The largest absolute Gasteiger partial charge is 0.329 e. The van der Waals surface area contributed by atoms with Gasteiger partial charge in [0, 0.05) is 31.2 Å². The van der Waals surface area contributed by atoms with Gasteiger partial charge in [-0.3, -0.25) is 4.90 Å². The van der Waals surface area contributed by atoms with Crippen molar-refractivity contribution in [2.24, 2.45) is 17.6 Å². The SMILES string of the molecule is CC(C)C1CC(CN)(N2CCC(N(C)C)C2)C1. The molecule has 2 aliphatic rings. The topological polar surface area (TPSA) is 32.5 Å². The first-order valence-corrected chi connectivity index (χ1v) is 7.10. The summed E-state index contributed by atoms with van der Waals surface area (Å²) in [7, 11) is 4.39. The van der Waals surface area contributed by atoms with Gasteiger partial charge in [-0.15, -0.1) is 0 Å². The van der Waals surface area contributed by atoms with E-state index in [0.717, 1.165) is 24.4 Å². The Morgan fingerprint density at radius 1 is 1.35 bits per heavy atom. The Bertz CT molecular complexity index is 256. The summed E-state index contributed by atoms with van der Waals surface area (Å²) in [6.07, 6.45) is 3.95. The highest BCUT2D eigenvalue weighted by Crippen LogP contribution is 2.46. The smallest absolute Gasteiger partial charge is 0.0337 e. The number of nitrogens with two attached hydrogens (primary N) is 1. The van der Waals surface area contributed by atoms with Crippen molar-refractivity contribution in [3.8, 4) is 0 Å². The van der Waals surface area contributed by atoms with Crippen molar-refractivity contribution in [3.63, 3.8) is 0 Å². The molecule has 2 rings (SSSR count). The van der Waals surface area contributed by atoms with Crippen molar-refractivity contribution in [1.29, 1.82) is 0 Å². The Labute approximate surface area is 106 Å². The summed E-state index contributed by atoms with van der Waals surface area (Å²) >= 11 is 0. The van der Waals surface area contributed by atoms with Gasteiger partial charge < -0.3 is 10.6 Å². The number of hydrogen-bond donors (Lipinski definition) is 1. The molecule has 0 aromatic carbocycles. The molecule has 1 aliphatic heterocycles. The Kier molecular flexibility index (Phi) is 3.81. The van der Waals surface area contributed by atoms with Crippen molar-refractivity contribution in [2.45, 2.75) is 44.7 Å². The van der Waals surface area contributed by atoms with Crippen LogP contribution in [0.1, 0.15) is 33.1 Å². The lowest BCUT2D eigenvalue weighted by atomic mass is 9.63. The Hall–Kier alpha value is -0.120. The van der Waals surface area contributed by atoms with E-state index in [4.69, 9.17) is 5.73 Å². The predicted octanol–water partition coefficient (Wildman–Crippen LogP) is 1.39. The first-order valence-electron chi connectivity index (χ1n) is 7.10. The van der Waals surface area contributed by atoms with Gasteiger partial charge in [0.05, 0.1) is 0 Å². The normalized spacial score (nSPS) is 39.0. The summed E-state index contributed by atoms with van der Waals surface area (Å²) < 4.78 is 0. The number of likely N-dealkylation sites (tertiary alicyclic amines) is 1. The van der Waals surface area contributed by atoms with Gasteiger partial charge in [-0.1, -0.05) is 13.8 Å². The number of likely N-dealkylation sites (N-methyl/N-ethyl adjacent to an activating group) is 1. The van der Waals surface area contributed by atoms with E-state index in [1.807, 2.05) is 0 Å². The fourth-order valence-electron chi connectivity index (χ4n) is 3.54. The van der Waals surface area contributed by atoms with Crippen LogP contribution in [0.25, 0.3) is 0 Å². The van der Waals surface area contributed by atoms with Crippen LogP contribution in [0.5, 0.6) is 0 Å². The minimum absolute atomic E-state index is 0.347. The van der Waals surface area contributed by atoms with Crippen LogP contribution < -0.4 is 5.73 Å². The molecule has 1 aliphatic carbocycles. The molecule has 0 amide bonds. The van der Waals surface area contributed by atoms with Crippen LogP contribution in [-0.2, 0) is 0 Å². The lowest BCUT2D eigenvalue weighted by Crippen LogP contribution is -2.62. The summed E-state index contributed by atoms with van der Waals surface area (Å²) in [5, 5.41) is 0. The van der Waals surface area contributed by atoms with Crippen LogP contribution in [0.4, 0.5) is 0 Å². The van der Waals surface area contributed by atoms with Crippen LogP contribution >= 0.6 is 0 Å². The molecule has 3 nitrogen and oxygen atoms in total. The second kappa shape index (κ2) is 4.87. The van der Waals surface area contributed by atoms with Gasteiger partial charge in [0.15, 0.2) is 0 Å². The summed E-state index contributed by atoms with van der Waals surface area (Å²) in [5.41, 5.74) is 6.42. The van der Waals surface area contributed by atoms with Crippen LogP contribution in [0.2, 0.25) is 0 Å². The maximum absolute atomic E-state index is 6.08. The van der Waals surface area contributed by atoms with Crippen LogP contribution in [0.15, 0.2) is 0 Å². The molecule has 0 spiro atoms. The van der Waals surface area contributed by atoms with Gasteiger partial charge >= 0.3 is 0 Å². The van der Waals surface area contributed by atoms with Gasteiger partial charge in [0.1, 0.15) is 0 Å². The molecule has 3 heteroatoms. The van der Waals surface area contributed by atoms with E-state index in [0.29, 0.717) is 5.54 Å². The van der Waals surface area contributed by atoms with Crippen molar-refractivity contribution in [3.05, 3.63) is 0 Å². The van der Waals surface area contributed by atoms with E-state index < -0.39 is 0 Å². The summed E-state index contributed by atoms with van der Waals surface area (Å²) in [4.78, 5) is 5.04. The molecule has 0 aromatic heterocycles. The minimum atomic E-state index is 0.347.